The van der Waals surface area contributed by atoms with Crippen molar-refractivity contribution < 1.29 is 9.53 Å². The molecule has 0 aromatic carbocycles. The van der Waals surface area contributed by atoms with Gasteiger partial charge >= 0.3 is 5.97 Å². The molecule has 4 heteroatoms. The average Bonchev–Trinajstić information content (AvgIpc) is 2.56. The fourth-order valence-electron chi connectivity index (χ4n) is 0.786. The van der Waals surface area contributed by atoms with Crippen LogP contribution in [0.4, 0.5) is 0 Å². The van der Waals surface area contributed by atoms with E-state index in [9.17, 15) is 4.79 Å². The van der Waals surface area contributed by atoms with Crippen molar-refractivity contribution in [1.29, 1.82) is 0 Å². The lowest BCUT2D eigenvalue weighted by Gasteiger charge is -2.04. The third kappa shape index (κ3) is 3.11. The van der Waals surface area contributed by atoms with E-state index in [1.165, 1.54) is 0 Å². The summed E-state index contributed by atoms with van der Waals surface area (Å²) in [6, 6.07) is 0. The number of carbonyl (C=O) groups is 1. The van der Waals surface area contributed by atoms with Gasteiger partial charge in [-0.15, -0.1) is 0 Å². The molecule has 0 unspecified atom stereocenters. The molecule has 0 bridgehead atoms. The lowest BCUT2D eigenvalue weighted by atomic mass is 10.4. The lowest BCUT2D eigenvalue weighted by molar-refractivity contribution is -0.139. The zero-order chi connectivity index (χ0) is 9.68. The molecule has 0 radical (unpaired) electrons. The van der Waals surface area contributed by atoms with Crippen LogP contribution < -0.4 is 0 Å². The van der Waals surface area contributed by atoms with E-state index in [0.717, 1.165) is 0 Å². The maximum Gasteiger partial charge on any atom is 0.333 e. The number of hydrogen-bond acceptors (Lipinski definition) is 3. The molecule has 0 saturated carbocycles. The number of hydrogen-bond donors (Lipinski definition) is 0. The molecule has 0 atom stereocenters. The highest BCUT2D eigenvalue weighted by Gasteiger charge is 2.01. The van der Waals surface area contributed by atoms with Crippen molar-refractivity contribution in [2.45, 2.75) is 13.5 Å². The van der Waals surface area contributed by atoms with E-state index in [1.54, 1.807) is 19.4 Å². The van der Waals surface area contributed by atoms with Gasteiger partial charge in [-0.1, -0.05) is 6.58 Å². The first-order valence-electron chi connectivity index (χ1n) is 3.98. The normalized spacial score (nSPS) is 9.62. The molecule has 13 heavy (non-hydrogen) atoms. The minimum atomic E-state index is -0.347. The predicted molar refractivity (Wildman–Crippen MR) is 48.0 cm³/mol. The van der Waals surface area contributed by atoms with Gasteiger partial charge in [0.1, 0.15) is 6.61 Å². The van der Waals surface area contributed by atoms with Crippen molar-refractivity contribution in [3.05, 3.63) is 30.9 Å². The molecule has 0 saturated heterocycles. The number of rotatable bonds is 4. The Kier molecular flexibility index (Phi) is 3.25. The summed E-state index contributed by atoms with van der Waals surface area (Å²) in [5, 5.41) is 0. The standard InChI is InChI=1S/C9H12N2O2/c1-8(2)9(12)13-6-5-11-4-3-10-7-11/h3-4,7H,1,5-6H2,2H3. The first-order valence-corrected chi connectivity index (χ1v) is 3.98. The highest BCUT2D eigenvalue weighted by Crippen LogP contribution is 1.93. The molecule has 0 aliphatic carbocycles. The Morgan fingerprint density at radius 3 is 3.00 bits per heavy atom. The average molecular weight is 180 g/mol. The summed E-state index contributed by atoms with van der Waals surface area (Å²) < 4.78 is 6.73. The van der Waals surface area contributed by atoms with Crippen LogP contribution >= 0.6 is 0 Å². The molecule has 1 rings (SSSR count). The van der Waals surface area contributed by atoms with Gasteiger partial charge in [-0.3, -0.25) is 0 Å². The summed E-state index contributed by atoms with van der Waals surface area (Å²) in [6.45, 7) is 6.07. The van der Waals surface area contributed by atoms with E-state index in [-0.39, 0.29) is 5.97 Å². The van der Waals surface area contributed by atoms with Crippen molar-refractivity contribution in [1.82, 2.24) is 9.55 Å². The largest absolute Gasteiger partial charge is 0.460 e. The molecule has 1 aromatic heterocycles. The molecule has 0 aliphatic heterocycles. The van der Waals surface area contributed by atoms with Crippen LogP contribution in [-0.4, -0.2) is 22.1 Å². The summed E-state index contributed by atoms with van der Waals surface area (Å²) in [5.41, 5.74) is 0.422. The van der Waals surface area contributed by atoms with E-state index >= 15 is 0 Å². The van der Waals surface area contributed by atoms with Gasteiger partial charge in [-0.25, -0.2) is 9.78 Å². The molecule has 4 nitrogen and oxygen atoms in total. The molecule has 1 aromatic rings. The van der Waals surface area contributed by atoms with Gasteiger partial charge in [0.05, 0.1) is 12.9 Å². The van der Waals surface area contributed by atoms with Crippen molar-refractivity contribution in [2.75, 3.05) is 6.61 Å². The number of carbonyl (C=O) groups excluding carboxylic acids is 1. The molecule has 1 heterocycles. The third-order valence-corrected chi connectivity index (χ3v) is 1.49. The maximum atomic E-state index is 10.9. The smallest absolute Gasteiger partial charge is 0.333 e. The van der Waals surface area contributed by atoms with Crippen LogP contribution in [0.15, 0.2) is 30.9 Å². The van der Waals surface area contributed by atoms with Gasteiger partial charge in [0.25, 0.3) is 0 Å². The van der Waals surface area contributed by atoms with Crippen LogP contribution in [0, 0.1) is 0 Å². The fraction of sp³-hybridized carbons (Fsp3) is 0.333. The molecule has 0 fully saturated rings. The Hall–Kier alpha value is -1.58. The Labute approximate surface area is 76.8 Å². The summed E-state index contributed by atoms with van der Waals surface area (Å²) in [6.07, 6.45) is 5.17. The number of esters is 1. The number of nitrogens with zero attached hydrogens (tertiary/aromatic N) is 2. The van der Waals surface area contributed by atoms with Crippen LogP contribution in [-0.2, 0) is 16.1 Å². The Morgan fingerprint density at radius 2 is 2.46 bits per heavy atom. The van der Waals surface area contributed by atoms with Crippen LogP contribution in [0.1, 0.15) is 6.92 Å². The lowest BCUT2D eigenvalue weighted by Crippen LogP contribution is -2.10. The zero-order valence-corrected chi connectivity index (χ0v) is 7.56. The van der Waals surface area contributed by atoms with Gasteiger partial charge in [0.2, 0.25) is 0 Å². The van der Waals surface area contributed by atoms with E-state index in [1.807, 2.05) is 10.8 Å². The molecule has 0 N–H and O–H groups in total. The summed E-state index contributed by atoms with van der Waals surface area (Å²) in [7, 11) is 0. The summed E-state index contributed by atoms with van der Waals surface area (Å²) in [5.74, 6) is -0.347. The monoisotopic (exact) mass is 180 g/mol. The SMILES string of the molecule is C=C(C)C(=O)OCCn1ccnc1. The van der Waals surface area contributed by atoms with Crippen molar-refractivity contribution in [3.63, 3.8) is 0 Å². The molecule has 0 amide bonds. The highest BCUT2D eigenvalue weighted by molar-refractivity contribution is 5.86. The van der Waals surface area contributed by atoms with Crippen LogP contribution in [0.25, 0.3) is 0 Å². The second-order valence-electron chi connectivity index (χ2n) is 2.72. The van der Waals surface area contributed by atoms with Crippen molar-refractivity contribution in [2.24, 2.45) is 0 Å². The van der Waals surface area contributed by atoms with E-state index in [0.29, 0.717) is 18.7 Å². The van der Waals surface area contributed by atoms with Gasteiger partial charge in [-0.05, 0) is 6.92 Å². The number of aromatic nitrogens is 2. The predicted octanol–water partition coefficient (Wildman–Crippen LogP) is 1.00. The van der Waals surface area contributed by atoms with E-state index < -0.39 is 0 Å². The third-order valence-electron chi connectivity index (χ3n) is 1.49. The maximum absolute atomic E-state index is 10.9. The Balaban J connectivity index is 2.22. The summed E-state index contributed by atoms with van der Waals surface area (Å²) >= 11 is 0. The summed E-state index contributed by atoms with van der Waals surface area (Å²) in [4.78, 5) is 14.8. The van der Waals surface area contributed by atoms with Crippen molar-refractivity contribution in [3.8, 4) is 0 Å². The van der Waals surface area contributed by atoms with E-state index in [4.69, 9.17) is 4.74 Å². The van der Waals surface area contributed by atoms with Crippen molar-refractivity contribution >= 4 is 5.97 Å². The van der Waals surface area contributed by atoms with Crippen LogP contribution in [0.3, 0.4) is 0 Å². The quantitative estimate of drug-likeness (QED) is 0.513. The second-order valence-corrected chi connectivity index (χ2v) is 2.72. The molecule has 0 spiro atoms. The molecular weight excluding hydrogens is 168 g/mol. The molecule has 0 aliphatic rings. The Bertz CT molecular complexity index is 291. The van der Waals surface area contributed by atoms with Gasteiger partial charge in [0.15, 0.2) is 0 Å². The van der Waals surface area contributed by atoms with Gasteiger partial charge in [0, 0.05) is 18.0 Å². The minimum Gasteiger partial charge on any atom is -0.460 e. The first-order chi connectivity index (χ1) is 6.20. The minimum absolute atomic E-state index is 0.347. The molecule has 70 valence electrons. The topological polar surface area (TPSA) is 44.1 Å². The van der Waals surface area contributed by atoms with E-state index in [2.05, 4.69) is 11.6 Å². The van der Waals surface area contributed by atoms with Crippen LogP contribution in [0.2, 0.25) is 0 Å². The number of ether oxygens (including phenoxy) is 1. The second kappa shape index (κ2) is 4.45. The Morgan fingerprint density at radius 1 is 1.69 bits per heavy atom. The van der Waals surface area contributed by atoms with Gasteiger partial charge in [-0.2, -0.15) is 0 Å². The van der Waals surface area contributed by atoms with Crippen LogP contribution in [0.5, 0.6) is 0 Å². The zero-order valence-electron chi connectivity index (χ0n) is 7.56. The highest BCUT2D eigenvalue weighted by atomic mass is 16.5. The number of imidazole rings is 1. The fourth-order valence-corrected chi connectivity index (χ4v) is 0.786. The first kappa shape index (κ1) is 9.51. The molecular formula is C9H12N2O2. The van der Waals surface area contributed by atoms with Gasteiger partial charge < -0.3 is 9.30 Å².